The van der Waals surface area contributed by atoms with Crippen molar-refractivity contribution in [3.05, 3.63) is 205 Å². The first-order valence-electron chi connectivity index (χ1n) is 25.1. The van der Waals surface area contributed by atoms with Gasteiger partial charge in [-0.1, -0.05) is 140 Å². The molecule has 0 aliphatic rings. The van der Waals surface area contributed by atoms with Crippen LogP contribution in [0.1, 0.15) is 54.4 Å². The van der Waals surface area contributed by atoms with Crippen LogP contribution in [0.5, 0.6) is 17.2 Å². The Kier molecular flexibility index (Phi) is 13.2. The summed E-state index contributed by atoms with van der Waals surface area (Å²) in [5, 5.41) is 19.2. The zero-order valence-electron chi connectivity index (χ0n) is 39.9. The van der Waals surface area contributed by atoms with Crippen LogP contribution >= 0.6 is 0 Å². The van der Waals surface area contributed by atoms with Crippen LogP contribution in [0.25, 0.3) is 71.2 Å². The zero-order chi connectivity index (χ0) is 47.9. The molecule has 0 atom stereocenters. The molecule has 8 aromatic carbocycles. The van der Waals surface area contributed by atoms with Crippen molar-refractivity contribution in [1.82, 2.24) is 13.7 Å². The van der Waals surface area contributed by atoms with E-state index in [0.29, 0.717) is 48.2 Å². The number of ether oxygens (including phenoxy) is 3. The van der Waals surface area contributed by atoms with Crippen LogP contribution in [0.15, 0.2) is 194 Å². The molecule has 3 aromatic heterocycles. The second-order valence-electron chi connectivity index (χ2n) is 18.3. The third kappa shape index (κ3) is 9.33. The van der Waals surface area contributed by atoms with E-state index in [4.69, 9.17) is 14.2 Å². The maximum Gasteiger partial charge on any atom is 0.203 e. The number of rotatable bonds is 21. The average molecular weight is 936 g/mol. The Bertz CT molecular complexity index is 3390. The van der Waals surface area contributed by atoms with Gasteiger partial charge in [-0.3, -0.25) is 4.79 Å². The van der Waals surface area contributed by atoms with Crippen LogP contribution < -0.4 is 14.2 Å². The summed E-state index contributed by atoms with van der Waals surface area (Å²) in [6.07, 6.45) is 6.26. The first kappa shape index (κ1) is 45.2. The van der Waals surface area contributed by atoms with E-state index >= 15 is 0 Å². The quantitative estimate of drug-likeness (QED) is 0.0336. The summed E-state index contributed by atoms with van der Waals surface area (Å²) in [5.41, 5.74) is 8.24. The number of hydrogen-bond acceptors (Lipinski definition) is 5. The van der Waals surface area contributed by atoms with E-state index in [2.05, 4.69) is 159 Å². The molecule has 11 rings (SSSR count). The monoisotopic (exact) mass is 935 g/mol. The minimum absolute atomic E-state index is 0.177. The first-order chi connectivity index (χ1) is 35.1. The van der Waals surface area contributed by atoms with E-state index in [9.17, 15) is 9.90 Å². The predicted octanol–water partition coefficient (Wildman–Crippen LogP) is 15.4. The van der Waals surface area contributed by atoms with Crippen molar-refractivity contribution >= 4 is 77.0 Å². The van der Waals surface area contributed by atoms with Gasteiger partial charge in [0.1, 0.15) is 5.76 Å². The van der Waals surface area contributed by atoms with E-state index in [0.717, 1.165) is 58.2 Å². The van der Waals surface area contributed by atoms with E-state index < -0.39 is 0 Å². The van der Waals surface area contributed by atoms with Gasteiger partial charge < -0.3 is 33.0 Å². The zero-order valence-corrected chi connectivity index (χ0v) is 39.9. The van der Waals surface area contributed by atoms with Crippen LogP contribution in [0.3, 0.4) is 0 Å². The molecule has 0 spiro atoms. The molecule has 0 saturated heterocycles. The van der Waals surface area contributed by atoms with E-state index in [1.165, 1.54) is 71.5 Å². The number of aryl methyl sites for hydroxylation is 3. The summed E-state index contributed by atoms with van der Waals surface area (Å²) in [5.74, 6) is 0.955. The van der Waals surface area contributed by atoms with Gasteiger partial charge in [0, 0.05) is 102 Å². The van der Waals surface area contributed by atoms with Gasteiger partial charge in [-0.15, -0.1) is 0 Å². The molecule has 71 heavy (non-hydrogen) atoms. The molecule has 0 unspecified atom stereocenters. The van der Waals surface area contributed by atoms with Crippen molar-refractivity contribution in [3.8, 4) is 17.2 Å². The van der Waals surface area contributed by atoms with Crippen molar-refractivity contribution in [2.45, 2.75) is 58.2 Å². The summed E-state index contributed by atoms with van der Waals surface area (Å²) in [7, 11) is 0. The molecule has 0 radical (unpaired) electrons. The molecule has 8 nitrogen and oxygen atoms in total. The number of nitrogens with zero attached hydrogens (tertiary/aromatic N) is 3. The number of ketones is 1. The number of carbonyl (C=O) groups excluding carboxylic acids is 1. The number of allylic oxidation sites excluding steroid dienone is 1. The lowest BCUT2D eigenvalue weighted by atomic mass is 10.1. The predicted molar refractivity (Wildman–Crippen MR) is 290 cm³/mol. The highest BCUT2D eigenvalue weighted by atomic mass is 16.5. The van der Waals surface area contributed by atoms with Gasteiger partial charge in [0.05, 0.1) is 19.8 Å². The van der Waals surface area contributed by atoms with Crippen molar-refractivity contribution in [1.29, 1.82) is 0 Å². The number of hydrogen-bond donors (Lipinski definition) is 1. The number of aliphatic hydroxyl groups excluding tert-OH is 1. The number of carbonyl (C=O) groups is 1. The minimum Gasteiger partial charge on any atom is -0.507 e. The normalized spacial score (nSPS) is 12.0. The van der Waals surface area contributed by atoms with Crippen LogP contribution in [-0.2, 0) is 19.6 Å². The van der Waals surface area contributed by atoms with Gasteiger partial charge in [0.2, 0.25) is 5.75 Å². The van der Waals surface area contributed by atoms with Crippen LogP contribution in [0.2, 0.25) is 0 Å². The van der Waals surface area contributed by atoms with Gasteiger partial charge in [-0.05, 0) is 87.1 Å². The molecular weight excluding hydrogens is 879 g/mol. The maximum atomic E-state index is 13.4. The number of unbranched alkanes of at least 4 members (excludes halogenated alkanes) is 3. The fourth-order valence-corrected chi connectivity index (χ4v) is 10.4. The number of aromatic nitrogens is 3. The Balaban J connectivity index is 0.848. The number of para-hydroxylation sites is 6. The van der Waals surface area contributed by atoms with Crippen LogP contribution in [0.4, 0.5) is 0 Å². The summed E-state index contributed by atoms with van der Waals surface area (Å²) >= 11 is 0. The lowest BCUT2D eigenvalue weighted by Crippen LogP contribution is -2.09. The second kappa shape index (κ2) is 20.8. The first-order valence-corrected chi connectivity index (χ1v) is 25.1. The fraction of sp³-hybridized carbons (Fsp3) is 0.190. The highest BCUT2D eigenvalue weighted by molar-refractivity contribution is 6.10. The van der Waals surface area contributed by atoms with Crippen molar-refractivity contribution in [2.24, 2.45) is 0 Å². The summed E-state index contributed by atoms with van der Waals surface area (Å²) in [6.45, 7) is 3.77. The highest BCUT2D eigenvalue weighted by Gasteiger charge is 2.20. The van der Waals surface area contributed by atoms with E-state index in [1.807, 2.05) is 18.2 Å². The third-order valence-electron chi connectivity index (χ3n) is 13.8. The van der Waals surface area contributed by atoms with Gasteiger partial charge in [-0.25, -0.2) is 0 Å². The molecule has 3 heterocycles. The number of aliphatic hydroxyl groups is 1. The lowest BCUT2D eigenvalue weighted by Gasteiger charge is -2.19. The van der Waals surface area contributed by atoms with Gasteiger partial charge in [0.15, 0.2) is 17.3 Å². The molecule has 354 valence electrons. The van der Waals surface area contributed by atoms with Crippen LogP contribution in [0, 0.1) is 0 Å². The summed E-state index contributed by atoms with van der Waals surface area (Å²) < 4.78 is 27.3. The van der Waals surface area contributed by atoms with E-state index in [-0.39, 0.29) is 11.5 Å². The summed E-state index contributed by atoms with van der Waals surface area (Å²) in [6, 6.07) is 64.1. The number of fused-ring (bicyclic) bond motifs is 9. The smallest absolute Gasteiger partial charge is 0.203 e. The second-order valence-corrected chi connectivity index (χ2v) is 18.3. The van der Waals surface area contributed by atoms with Gasteiger partial charge in [0.25, 0.3) is 0 Å². The SMILES string of the molecule is O=C(/C=C(/O)c1cc(OCCCCn2c3ccccc3c3ccccc32)c(OCCCCn2c3ccccc3c3ccccc32)c(OCCCCn2c3ccccc3c3ccccc32)c1)c1ccccc1. The number of benzene rings is 8. The molecule has 0 aliphatic carbocycles. The Morgan fingerprint density at radius 2 is 0.690 bits per heavy atom. The molecule has 0 aliphatic heterocycles. The molecular formula is C63H57N3O5. The lowest BCUT2D eigenvalue weighted by molar-refractivity contribution is 0.104. The molecule has 0 fully saturated rings. The van der Waals surface area contributed by atoms with Crippen molar-refractivity contribution < 1.29 is 24.1 Å². The Labute approximate surface area is 413 Å². The molecule has 8 heteroatoms. The molecule has 11 aromatic rings. The molecule has 1 N–H and O–H groups in total. The Morgan fingerprint density at radius 1 is 0.380 bits per heavy atom. The largest absolute Gasteiger partial charge is 0.507 e. The molecule has 0 amide bonds. The topological polar surface area (TPSA) is 79.8 Å². The van der Waals surface area contributed by atoms with Gasteiger partial charge >= 0.3 is 0 Å². The van der Waals surface area contributed by atoms with Crippen molar-refractivity contribution in [3.63, 3.8) is 0 Å². The van der Waals surface area contributed by atoms with Gasteiger partial charge in [-0.2, -0.15) is 0 Å². The average Bonchev–Trinajstić information content (AvgIpc) is 4.04. The van der Waals surface area contributed by atoms with Crippen molar-refractivity contribution in [2.75, 3.05) is 19.8 Å². The minimum atomic E-state index is -0.299. The molecule has 0 saturated carbocycles. The highest BCUT2D eigenvalue weighted by Crippen LogP contribution is 2.41. The molecule has 0 bridgehead atoms. The maximum absolute atomic E-state index is 13.4. The fourth-order valence-electron chi connectivity index (χ4n) is 10.4. The van der Waals surface area contributed by atoms with Crippen LogP contribution in [-0.4, -0.2) is 44.4 Å². The summed E-state index contributed by atoms with van der Waals surface area (Å²) in [4.78, 5) is 13.4. The Hall–Kier alpha value is -8.23. The standard InChI is InChI=1S/C63H57N3O5/c67-59(45-22-2-1-3-23-45)44-60(68)46-42-61(69-39-19-16-36-64-53-30-10-4-24-47(53)48-25-5-11-31-54(48)64)63(71-41-21-18-38-66-57-34-14-8-28-51(57)52-29-9-15-35-58(52)66)62(43-46)70-40-20-17-37-65-55-32-12-6-26-49(55)50-27-7-13-33-56(50)65/h1-15,22-35,42-44,68H,16-21,36-41H2/b60-44+. The third-order valence-corrected chi connectivity index (χ3v) is 13.8. The van der Waals surface area contributed by atoms with E-state index in [1.54, 1.807) is 24.3 Å². The Morgan fingerprint density at radius 3 is 1.04 bits per heavy atom.